The van der Waals surface area contributed by atoms with Crippen LogP contribution in [0.5, 0.6) is 0 Å². The number of rotatable bonds is 6. The number of pyridine rings is 1. The van der Waals surface area contributed by atoms with Crippen molar-refractivity contribution < 1.29 is 4.52 Å². The fourth-order valence-corrected chi connectivity index (χ4v) is 3.69. The van der Waals surface area contributed by atoms with Crippen molar-refractivity contribution in [3.8, 4) is 23.0 Å². The highest BCUT2D eigenvalue weighted by atomic mass is 32.2. The van der Waals surface area contributed by atoms with Gasteiger partial charge in [-0.1, -0.05) is 29.1 Å². The lowest BCUT2D eigenvalue weighted by molar-refractivity contribution is 0.425. The molecule has 4 aromatic rings. The second-order valence-electron chi connectivity index (χ2n) is 5.62. The number of hydrogen-bond acceptors (Lipinski definition) is 8. The van der Waals surface area contributed by atoms with Gasteiger partial charge in [-0.05, 0) is 36.6 Å². The average molecular weight is 397 g/mol. The zero-order valence-electron chi connectivity index (χ0n) is 14.7. The molecule has 0 N–H and O–H groups in total. The summed E-state index contributed by atoms with van der Waals surface area (Å²) in [5.41, 5.74) is 1.71. The van der Waals surface area contributed by atoms with Gasteiger partial charge in [-0.3, -0.25) is 4.98 Å². The van der Waals surface area contributed by atoms with E-state index >= 15 is 0 Å². The molecule has 0 amide bonds. The van der Waals surface area contributed by atoms with Crippen LogP contribution in [0.25, 0.3) is 23.0 Å². The maximum atomic E-state index is 5.41. The van der Waals surface area contributed by atoms with Gasteiger partial charge in [0.2, 0.25) is 0 Å². The van der Waals surface area contributed by atoms with Crippen molar-refractivity contribution in [1.29, 1.82) is 0 Å². The molecule has 0 radical (unpaired) electrons. The molecule has 0 atom stereocenters. The summed E-state index contributed by atoms with van der Waals surface area (Å²) in [5, 5.41) is 13.3. The molecule has 0 aliphatic heterocycles. The molecule has 3 heterocycles. The molecule has 0 fully saturated rings. The Morgan fingerprint density at radius 1 is 1.11 bits per heavy atom. The van der Waals surface area contributed by atoms with E-state index in [4.69, 9.17) is 4.52 Å². The fraction of sp³-hybridized carbons (Fsp3) is 0.167. The first-order valence-electron chi connectivity index (χ1n) is 8.15. The van der Waals surface area contributed by atoms with Gasteiger partial charge in [0.1, 0.15) is 5.69 Å². The molecular formula is C18H16N6OS2. The average Bonchev–Trinajstić information content (AvgIpc) is 3.34. The Morgan fingerprint density at radius 2 is 2.04 bits per heavy atom. The van der Waals surface area contributed by atoms with Crippen LogP contribution in [0.1, 0.15) is 5.82 Å². The molecule has 3 aromatic heterocycles. The van der Waals surface area contributed by atoms with Crippen molar-refractivity contribution in [3.63, 3.8) is 0 Å². The van der Waals surface area contributed by atoms with Gasteiger partial charge < -0.3 is 9.09 Å². The Bertz CT molecular complexity index is 1050. The van der Waals surface area contributed by atoms with Crippen LogP contribution >= 0.6 is 23.5 Å². The smallest absolute Gasteiger partial charge is 0.257 e. The van der Waals surface area contributed by atoms with Crippen LogP contribution in [0.15, 0.2) is 63.2 Å². The molecule has 4 rings (SSSR count). The van der Waals surface area contributed by atoms with Gasteiger partial charge in [0.25, 0.3) is 5.89 Å². The highest BCUT2D eigenvalue weighted by Gasteiger charge is 2.14. The lowest BCUT2D eigenvalue weighted by Crippen LogP contribution is -1.96. The second-order valence-corrected chi connectivity index (χ2v) is 7.44. The third-order valence-electron chi connectivity index (χ3n) is 3.84. The van der Waals surface area contributed by atoms with Crippen LogP contribution in [-0.4, -0.2) is 36.1 Å². The maximum absolute atomic E-state index is 5.41. The molecule has 1 aromatic carbocycles. The first kappa shape index (κ1) is 17.7. The Labute approximate surface area is 164 Å². The van der Waals surface area contributed by atoms with Crippen molar-refractivity contribution in [3.05, 3.63) is 54.5 Å². The van der Waals surface area contributed by atoms with Crippen molar-refractivity contribution >= 4 is 23.5 Å². The molecule has 27 heavy (non-hydrogen) atoms. The monoisotopic (exact) mass is 396 g/mol. The van der Waals surface area contributed by atoms with E-state index in [2.05, 4.69) is 31.4 Å². The predicted molar refractivity (Wildman–Crippen MR) is 105 cm³/mol. The molecule has 0 aliphatic rings. The van der Waals surface area contributed by atoms with Gasteiger partial charge in [0, 0.05) is 23.7 Å². The van der Waals surface area contributed by atoms with Gasteiger partial charge >= 0.3 is 0 Å². The van der Waals surface area contributed by atoms with Crippen molar-refractivity contribution in [2.24, 2.45) is 7.05 Å². The summed E-state index contributed by atoms with van der Waals surface area (Å²) in [6.07, 6.45) is 3.78. The maximum Gasteiger partial charge on any atom is 0.257 e. The van der Waals surface area contributed by atoms with Crippen LogP contribution in [0.2, 0.25) is 0 Å². The van der Waals surface area contributed by atoms with Gasteiger partial charge in [-0.25, -0.2) is 0 Å². The highest BCUT2D eigenvalue weighted by Crippen LogP contribution is 2.26. The minimum Gasteiger partial charge on any atom is -0.334 e. The van der Waals surface area contributed by atoms with Crippen molar-refractivity contribution in [1.82, 2.24) is 29.9 Å². The molecular weight excluding hydrogens is 380 g/mol. The Morgan fingerprint density at radius 3 is 2.85 bits per heavy atom. The quantitative estimate of drug-likeness (QED) is 0.453. The standard InChI is InChI=1S/C18H16N6OS2/c1-24-16(14-8-3-4-9-19-14)21-22-18(24)27-11-15-20-17(25-23-15)12-6-5-7-13(10-12)26-2/h3-10H,11H2,1-2H3. The minimum atomic E-state index is 0.522. The summed E-state index contributed by atoms with van der Waals surface area (Å²) >= 11 is 3.18. The summed E-state index contributed by atoms with van der Waals surface area (Å²) < 4.78 is 7.32. The zero-order valence-corrected chi connectivity index (χ0v) is 16.4. The normalized spacial score (nSPS) is 11.0. The van der Waals surface area contributed by atoms with Crippen molar-refractivity contribution in [2.75, 3.05) is 6.26 Å². The number of aromatic nitrogens is 6. The van der Waals surface area contributed by atoms with E-state index in [0.717, 1.165) is 27.1 Å². The Balaban J connectivity index is 1.47. The van der Waals surface area contributed by atoms with E-state index in [1.807, 2.05) is 54.3 Å². The van der Waals surface area contributed by atoms with E-state index in [-0.39, 0.29) is 0 Å². The number of nitrogens with zero attached hydrogens (tertiary/aromatic N) is 6. The van der Waals surface area contributed by atoms with E-state index in [1.54, 1.807) is 18.0 Å². The molecule has 9 heteroatoms. The third-order valence-corrected chi connectivity index (χ3v) is 5.59. The van der Waals surface area contributed by atoms with E-state index in [9.17, 15) is 0 Å². The molecule has 0 saturated carbocycles. The van der Waals surface area contributed by atoms with Crippen molar-refractivity contribution in [2.45, 2.75) is 15.8 Å². The van der Waals surface area contributed by atoms with Crippen LogP contribution in [0, 0.1) is 0 Å². The van der Waals surface area contributed by atoms with E-state index in [0.29, 0.717) is 17.5 Å². The lowest BCUT2D eigenvalue weighted by Gasteiger charge is -2.01. The summed E-state index contributed by atoms with van der Waals surface area (Å²) in [4.78, 5) is 9.96. The Kier molecular flexibility index (Phi) is 5.21. The largest absolute Gasteiger partial charge is 0.334 e. The van der Waals surface area contributed by atoms with Gasteiger partial charge in [-0.15, -0.1) is 22.0 Å². The molecule has 0 saturated heterocycles. The number of thioether (sulfide) groups is 2. The van der Waals surface area contributed by atoms with Crippen LogP contribution in [0.4, 0.5) is 0 Å². The van der Waals surface area contributed by atoms with E-state index < -0.39 is 0 Å². The van der Waals surface area contributed by atoms with E-state index in [1.165, 1.54) is 11.8 Å². The lowest BCUT2D eigenvalue weighted by atomic mass is 10.2. The third kappa shape index (κ3) is 3.88. The first-order valence-corrected chi connectivity index (χ1v) is 10.4. The molecule has 0 aliphatic carbocycles. The van der Waals surface area contributed by atoms with Gasteiger partial charge in [-0.2, -0.15) is 4.98 Å². The van der Waals surface area contributed by atoms with Crippen LogP contribution in [0.3, 0.4) is 0 Å². The van der Waals surface area contributed by atoms with Crippen LogP contribution in [-0.2, 0) is 12.8 Å². The molecule has 0 spiro atoms. The topological polar surface area (TPSA) is 82.5 Å². The minimum absolute atomic E-state index is 0.522. The first-order chi connectivity index (χ1) is 13.2. The highest BCUT2D eigenvalue weighted by molar-refractivity contribution is 7.98. The van der Waals surface area contributed by atoms with Gasteiger partial charge in [0.15, 0.2) is 16.8 Å². The van der Waals surface area contributed by atoms with Crippen LogP contribution < -0.4 is 0 Å². The fourth-order valence-electron chi connectivity index (χ4n) is 2.47. The molecule has 0 bridgehead atoms. The zero-order chi connectivity index (χ0) is 18.6. The van der Waals surface area contributed by atoms with Gasteiger partial charge in [0.05, 0.1) is 5.75 Å². The summed E-state index contributed by atoms with van der Waals surface area (Å²) in [6, 6.07) is 13.7. The predicted octanol–water partition coefficient (Wildman–Crippen LogP) is 3.94. The molecule has 136 valence electrons. The second kappa shape index (κ2) is 7.93. The number of benzene rings is 1. The molecule has 7 nitrogen and oxygen atoms in total. The summed E-state index contributed by atoms with van der Waals surface area (Å²) in [6.45, 7) is 0. The Hall–Kier alpha value is -2.65. The SMILES string of the molecule is CSc1cccc(-c2nc(CSc3nnc(-c4ccccn4)n3C)no2)c1. The summed E-state index contributed by atoms with van der Waals surface area (Å²) in [7, 11) is 1.92. The number of hydrogen-bond donors (Lipinski definition) is 0. The molecule has 0 unspecified atom stereocenters. The summed E-state index contributed by atoms with van der Waals surface area (Å²) in [5.74, 6) is 2.40.